The summed E-state index contributed by atoms with van der Waals surface area (Å²) in [6, 6.07) is 37.1. The Kier molecular flexibility index (Phi) is 31.1. The van der Waals surface area contributed by atoms with Gasteiger partial charge in [-0.15, -0.1) is 0 Å². The molecule has 0 radical (unpaired) electrons. The van der Waals surface area contributed by atoms with Crippen LogP contribution in [0.5, 0.6) is 69.0 Å². The molecule has 708 valence electrons. The lowest BCUT2D eigenvalue weighted by Gasteiger charge is -2.33. The fraction of sp³-hybridized carbons (Fsp3) is 0.426. The lowest BCUT2D eigenvalue weighted by Crippen LogP contribution is -2.49. The van der Waals surface area contributed by atoms with Crippen LogP contribution in [0.1, 0.15) is 35.4 Å². The summed E-state index contributed by atoms with van der Waals surface area (Å²) in [6.07, 6.45) is 5.09. The van der Waals surface area contributed by atoms with Crippen molar-refractivity contribution >= 4 is 44.1 Å². The first-order valence-electron chi connectivity index (χ1n) is 44.2. The Morgan fingerprint density at radius 2 is 0.604 bits per heavy atom. The molecule has 0 saturated carbocycles. The van der Waals surface area contributed by atoms with E-state index < -0.39 is 24.8 Å². The molecule has 6 N–H and O–H groups in total. The van der Waals surface area contributed by atoms with E-state index >= 15 is 0 Å². The molecule has 0 spiro atoms. The molecule has 6 aromatic carbocycles. The van der Waals surface area contributed by atoms with Crippen molar-refractivity contribution in [3.8, 4) is 69.0 Å². The van der Waals surface area contributed by atoms with Gasteiger partial charge in [-0.25, -0.2) is 19.9 Å². The van der Waals surface area contributed by atoms with E-state index in [2.05, 4.69) is 51.2 Å². The maximum absolute atomic E-state index is 12.5. The first-order valence-corrected chi connectivity index (χ1v) is 44.2. The van der Waals surface area contributed by atoms with Crippen molar-refractivity contribution in [2.75, 3.05) is 134 Å². The van der Waals surface area contributed by atoms with Crippen LogP contribution < -0.4 is 100 Å². The molecule has 40 nitrogen and oxygen atoms in total. The molecule has 14 heterocycles. The highest BCUT2D eigenvalue weighted by molar-refractivity contribution is 5.79. The SMILES string of the molecule is COc1ccc2ncc(=O)n(CC(O)C3OCC(NCc4cc5c(cn4)OCCO5)CO3)c2c1.COc1ccc2ncc(=O)n(CC(O)C3OCC(NCc4ccc5c(c4)OCCO5)CO3)c2c1.COc1ccc2ncc(=O)n(CCC3OCC(NCc4cc5c(cn4)OCCO5)CO3)c2c1.COc1ccc2ncc(=O)n(CCC3OCC(NCc4ccc5c(c4)OCCO5)CO3)c2c1. The van der Waals surface area contributed by atoms with E-state index in [0.717, 1.165) is 73.3 Å². The maximum atomic E-state index is 12.5. The van der Waals surface area contributed by atoms with E-state index in [0.29, 0.717) is 220 Å². The van der Waals surface area contributed by atoms with Crippen molar-refractivity contribution in [1.29, 1.82) is 0 Å². The molecule has 20 rings (SSSR count). The van der Waals surface area contributed by atoms with Crippen LogP contribution in [0.15, 0.2) is 178 Å². The summed E-state index contributed by atoms with van der Waals surface area (Å²) >= 11 is 0. The second-order valence-electron chi connectivity index (χ2n) is 32.2. The molecule has 0 aliphatic carbocycles. The lowest BCUT2D eigenvalue weighted by molar-refractivity contribution is -0.233. The van der Waals surface area contributed by atoms with Gasteiger partial charge in [0.2, 0.25) is 0 Å². The quantitative estimate of drug-likeness (QED) is 0.0370. The monoisotopic (exact) mass is 1850 g/mol. The highest BCUT2D eigenvalue weighted by Crippen LogP contribution is 2.35. The van der Waals surface area contributed by atoms with Crippen LogP contribution in [0.3, 0.4) is 0 Å². The largest absolute Gasteiger partial charge is 0.497 e. The van der Waals surface area contributed by atoms with Crippen LogP contribution >= 0.6 is 0 Å². The van der Waals surface area contributed by atoms with Crippen LogP contribution in [0, 0.1) is 0 Å². The minimum Gasteiger partial charge on any atom is -0.497 e. The van der Waals surface area contributed by atoms with Gasteiger partial charge in [-0.1, -0.05) is 12.1 Å². The summed E-state index contributed by atoms with van der Waals surface area (Å²) in [7, 11) is 6.30. The normalized spacial score (nSPS) is 20.4. The molecule has 4 saturated heterocycles. The van der Waals surface area contributed by atoms with Crippen molar-refractivity contribution in [2.45, 2.75) is 127 Å². The zero-order chi connectivity index (χ0) is 92.2. The van der Waals surface area contributed by atoms with Crippen LogP contribution in [0.4, 0.5) is 0 Å². The summed E-state index contributed by atoms with van der Waals surface area (Å²) in [4.78, 5) is 75.3. The van der Waals surface area contributed by atoms with Crippen molar-refractivity contribution in [1.82, 2.24) is 69.4 Å². The number of hydrogen-bond donors (Lipinski definition) is 6. The molecule has 134 heavy (non-hydrogen) atoms. The number of ether oxygens (including phenoxy) is 20. The molecular weight excluding hydrogens is 1740 g/mol. The minimum atomic E-state index is -1.05. The van der Waals surface area contributed by atoms with Gasteiger partial charge in [-0.3, -0.25) is 29.1 Å². The third-order valence-electron chi connectivity index (χ3n) is 23.1. The smallest absolute Gasteiger partial charge is 0.269 e. The number of nitrogens with one attached hydrogen (secondary N) is 4. The van der Waals surface area contributed by atoms with Gasteiger partial charge in [0, 0.05) is 88.5 Å². The Labute approximate surface area is 767 Å². The molecule has 12 aromatic rings. The highest BCUT2D eigenvalue weighted by Gasteiger charge is 2.33. The number of aryl methyl sites for hydroxylation is 2. The first-order chi connectivity index (χ1) is 65.6. The van der Waals surface area contributed by atoms with Crippen molar-refractivity contribution in [3.05, 3.63) is 222 Å². The van der Waals surface area contributed by atoms with Crippen molar-refractivity contribution in [2.24, 2.45) is 0 Å². The van der Waals surface area contributed by atoms with Gasteiger partial charge in [-0.05, 0) is 83.9 Å². The van der Waals surface area contributed by atoms with Crippen LogP contribution in [-0.2, 0) is 90.3 Å². The molecule has 6 aromatic heterocycles. The third-order valence-corrected chi connectivity index (χ3v) is 23.1. The number of aliphatic hydroxyl groups excluding tert-OH is 2. The second kappa shape index (κ2) is 44.8. The average molecular weight is 1850 g/mol. The van der Waals surface area contributed by atoms with Crippen LogP contribution in [0.2, 0.25) is 0 Å². The molecule has 8 aliphatic heterocycles. The van der Waals surface area contributed by atoms with E-state index in [9.17, 15) is 29.4 Å². The predicted octanol–water partition coefficient (Wildman–Crippen LogP) is 5.12. The molecule has 2 atom stereocenters. The van der Waals surface area contributed by atoms with Gasteiger partial charge in [0.1, 0.15) is 88.1 Å². The summed E-state index contributed by atoms with van der Waals surface area (Å²) in [6.45, 7) is 11.2. The predicted molar refractivity (Wildman–Crippen MR) is 482 cm³/mol. The summed E-state index contributed by atoms with van der Waals surface area (Å²) in [5.41, 5.74) is 8.17. The van der Waals surface area contributed by atoms with Gasteiger partial charge < -0.3 is 144 Å². The van der Waals surface area contributed by atoms with Gasteiger partial charge in [0.25, 0.3) is 22.2 Å². The molecule has 0 amide bonds. The first kappa shape index (κ1) is 93.0. The minimum absolute atomic E-state index is 0.00494. The second-order valence-corrected chi connectivity index (χ2v) is 32.2. The highest BCUT2D eigenvalue weighted by atomic mass is 16.7. The Morgan fingerprint density at radius 1 is 0.321 bits per heavy atom. The molecule has 2 unspecified atom stereocenters. The average Bonchev–Trinajstić information content (AvgIpc) is 0.763. The third kappa shape index (κ3) is 23.7. The Morgan fingerprint density at radius 3 is 0.933 bits per heavy atom. The van der Waals surface area contributed by atoms with E-state index in [1.54, 1.807) is 86.4 Å². The van der Waals surface area contributed by atoms with Crippen molar-refractivity contribution < 1.29 is 105 Å². The summed E-state index contributed by atoms with van der Waals surface area (Å²) in [5.74, 6) is 8.37. The zero-order valence-electron chi connectivity index (χ0n) is 74.3. The van der Waals surface area contributed by atoms with Crippen molar-refractivity contribution in [3.63, 3.8) is 0 Å². The summed E-state index contributed by atoms with van der Waals surface area (Å²) in [5, 5.41) is 35.1. The van der Waals surface area contributed by atoms with Crippen LogP contribution in [0.25, 0.3) is 44.1 Å². The van der Waals surface area contributed by atoms with Gasteiger partial charge >= 0.3 is 0 Å². The topological polar surface area (TPSA) is 439 Å². The van der Waals surface area contributed by atoms with Crippen LogP contribution in [-0.4, -0.2) is 254 Å². The van der Waals surface area contributed by atoms with E-state index in [-0.39, 0.29) is 72.1 Å². The number of aromatic nitrogens is 10. The Hall–Kier alpha value is -12.8. The molecule has 4 fully saturated rings. The number of hydrogen-bond acceptors (Lipinski definition) is 36. The standard InChI is InChI=1S/C24H27N3O7.C24H27N3O6.C23H26N4O7.C23H26N4O6/c1-30-17-3-4-18-19(9-17)27(23(29)11-26-18)12-20(28)24-33-13-16(14-34-24)25-10-15-2-5-21-22(8-15)32-7-6-31-21;1-29-18-3-4-19-20(11-18)27(23(28)13-26-19)7-6-24-32-14-17(15-33-24)25-12-16-2-5-21-22(10-16)31-9-8-30-21;1-30-16-2-3-17-18(7-16)27(22(29)10-26-17)11-19(28)23-33-12-15(13-34-23)24-8-14-6-20-21(9-25-14)32-5-4-31-20;1-29-17-2-3-18-19(9-17)27(22(28)12-26-18)5-4-23-32-13-16(14-33-23)24-10-15-8-20-21(11-25-15)31-7-6-30-20/h2-5,8-9,11,16,20,24-25,28H,6-7,10,12-14H2,1H3;2-5,10-11,13,17,24-25H,6-9,12,14-15H2,1H3;2-3,6-7,9-10,15,19,23-24,28H,4-5,8,11-13H2,1H3;2-3,8-9,11-12,16,23-24H,4-7,10,13-14H2,1H3. The Balaban J connectivity index is 0.000000124. The van der Waals surface area contributed by atoms with E-state index in [4.69, 9.17) is 94.7 Å². The number of benzene rings is 6. The zero-order valence-corrected chi connectivity index (χ0v) is 74.3. The summed E-state index contributed by atoms with van der Waals surface area (Å²) < 4.78 is 119. The molecular formula is C94H106N14O26. The fourth-order valence-corrected chi connectivity index (χ4v) is 15.9. The lowest BCUT2D eigenvalue weighted by atomic mass is 10.1. The Bertz CT molecular complexity index is 5890. The maximum Gasteiger partial charge on any atom is 0.269 e. The number of aliphatic hydroxyl groups is 2. The van der Waals surface area contributed by atoms with Gasteiger partial charge in [0.05, 0.1) is 211 Å². The molecule has 0 bridgehead atoms. The number of fused-ring (bicyclic) bond motifs is 8. The fourth-order valence-electron chi connectivity index (χ4n) is 15.9. The number of rotatable bonds is 28. The molecule has 8 aliphatic rings. The number of methoxy groups -OCH3 is 4. The van der Waals surface area contributed by atoms with E-state index in [1.807, 2.05) is 84.9 Å². The number of pyridine rings is 2. The van der Waals surface area contributed by atoms with Gasteiger partial charge in [0.15, 0.2) is 71.2 Å². The van der Waals surface area contributed by atoms with Gasteiger partial charge in [-0.2, -0.15) is 0 Å². The molecule has 40 heteroatoms. The number of nitrogens with zero attached hydrogens (tertiary/aromatic N) is 10. The van der Waals surface area contributed by atoms with E-state index in [1.165, 1.54) is 33.9 Å².